The van der Waals surface area contributed by atoms with Crippen LogP contribution in [-0.4, -0.2) is 36.8 Å². The van der Waals surface area contributed by atoms with Gasteiger partial charge in [0.15, 0.2) is 11.6 Å². The number of amides is 1. The van der Waals surface area contributed by atoms with Gasteiger partial charge >= 0.3 is 12.1 Å². The third-order valence-corrected chi connectivity index (χ3v) is 7.24. The lowest BCUT2D eigenvalue weighted by Crippen LogP contribution is -2.47. The van der Waals surface area contributed by atoms with Crippen molar-refractivity contribution in [3.8, 4) is 11.1 Å². The van der Waals surface area contributed by atoms with E-state index in [1.54, 1.807) is 0 Å². The molecule has 3 N–H and O–H groups in total. The molecule has 1 amide bonds. The highest BCUT2D eigenvalue weighted by Gasteiger charge is 2.53. The van der Waals surface area contributed by atoms with E-state index >= 15 is 0 Å². The van der Waals surface area contributed by atoms with Gasteiger partial charge in [0.2, 0.25) is 0 Å². The summed E-state index contributed by atoms with van der Waals surface area (Å²) in [6, 6.07) is 15.9. The summed E-state index contributed by atoms with van der Waals surface area (Å²) >= 11 is 0. The monoisotopic (exact) mass is 492 g/mol. The third kappa shape index (κ3) is 4.11. The molecule has 0 aromatic heterocycles. The number of ether oxygens (including phenoxy) is 1. The highest BCUT2D eigenvalue weighted by molar-refractivity contribution is 5.95. The molecule has 3 aromatic rings. The number of halogens is 2. The number of hydrogen-bond acceptors (Lipinski definition) is 4. The minimum absolute atomic E-state index is 0.0824. The molecular weight excluding hydrogens is 466 g/mol. The molecular formula is C28H26F2N2O4. The van der Waals surface area contributed by atoms with Crippen LogP contribution in [0.15, 0.2) is 54.6 Å². The second kappa shape index (κ2) is 9.35. The van der Waals surface area contributed by atoms with E-state index in [9.17, 15) is 18.4 Å². The zero-order valence-electron chi connectivity index (χ0n) is 19.7. The standard InChI is InChI=1S/C28H26F2N2O4/c1-16-12-18(20-5-3-2-4-17(20)8-10-32-27(34)35)6-7-19(16)23-15-31-11-9-28(23)22-14-25(30)24(29)13-21(22)26(33)36-28/h2-7,12-14,23,31-32H,8-11,15H2,1H3,(H,34,35)/t23-,28+/m1/s1. The van der Waals surface area contributed by atoms with Gasteiger partial charge in [0, 0.05) is 31.0 Å². The molecule has 186 valence electrons. The van der Waals surface area contributed by atoms with Crippen molar-refractivity contribution in [3.63, 3.8) is 0 Å². The average molecular weight is 493 g/mol. The van der Waals surface area contributed by atoms with Gasteiger partial charge in [0.05, 0.1) is 5.56 Å². The lowest BCUT2D eigenvalue weighted by atomic mass is 9.72. The van der Waals surface area contributed by atoms with Gasteiger partial charge in [-0.2, -0.15) is 0 Å². The quantitative estimate of drug-likeness (QED) is 0.442. The van der Waals surface area contributed by atoms with Crippen LogP contribution in [0.1, 0.15) is 45.0 Å². The molecule has 1 saturated heterocycles. The number of carboxylic acid groups (broad SMARTS) is 1. The largest absolute Gasteiger partial charge is 0.465 e. The summed E-state index contributed by atoms with van der Waals surface area (Å²) in [5.74, 6) is -2.98. The number of nitrogens with one attached hydrogen (secondary N) is 2. The first-order chi connectivity index (χ1) is 17.3. The Bertz CT molecular complexity index is 1360. The van der Waals surface area contributed by atoms with Crippen LogP contribution in [0.2, 0.25) is 0 Å². The number of aryl methyl sites for hydroxylation is 1. The molecule has 1 fully saturated rings. The molecule has 2 heterocycles. The maximum absolute atomic E-state index is 14.3. The van der Waals surface area contributed by atoms with Crippen molar-refractivity contribution < 1.29 is 28.2 Å². The summed E-state index contributed by atoms with van der Waals surface area (Å²) in [4.78, 5) is 23.5. The Balaban J connectivity index is 1.52. The number of piperidine rings is 1. The van der Waals surface area contributed by atoms with E-state index in [2.05, 4.69) is 16.7 Å². The molecule has 0 aliphatic carbocycles. The number of fused-ring (bicyclic) bond motifs is 2. The highest BCUT2D eigenvalue weighted by Crippen LogP contribution is 2.51. The predicted molar refractivity (Wildman–Crippen MR) is 130 cm³/mol. The molecule has 0 saturated carbocycles. The summed E-state index contributed by atoms with van der Waals surface area (Å²) in [6.07, 6.45) is -0.0601. The van der Waals surface area contributed by atoms with Gasteiger partial charge < -0.3 is 20.5 Å². The molecule has 2 atom stereocenters. The van der Waals surface area contributed by atoms with Gasteiger partial charge in [0.1, 0.15) is 5.60 Å². The van der Waals surface area contributed by atoms with Gasteiger partial charge in [-0.1, -0.05) is 42.5 Å². The molecule has 0 bridgehead atoms. The minimum atomic E-state index is -1.07. The van der Waals surface area contributed by atoms with E-state index in [4.69, 9.17) is 9.84 Å². The maximum atomic E-state index is 14.3. The van der Waals surface area contributed by atoms with Crippen LogP contribution in [0.5, 0.6) is 0 Å². The second-order valence-corrected chi connectivity index (χ2v) is 9.31. The number of carbonyl (C=O) groups is 2. The van der Waals surface area contributed by atoms with E-state index in [0.717, 1.165) is 39.9 Å². The molecule has 3 aromatic carbocycles. The van der Waals surface area contributed by atoms with Gasteiger partial charge in [-0.05, 0) is 59.8 Å². The number of rotatable bonds is 5. The van der Waals surface area contributed by atoms with Crippen LogP contribution < -0.4 is 10.6 Å². The first-order valence-electron chi connectivity index (χ1n) is 11.9. The Morgan fingerprint density at radius 1 is 1.14 bits per heavy atom. The van der Waals surface area contributed by atoms with Crippen molar-refractivity contribution in [1.82, 2.24) is 10.6 Å². The average Bonchev–Trinajstić information content (AvgIpc) is 3.10. The zero-order chi connectivity index (χ0) is 25.4. The van der Waals surface area contributed by atoms with Crippen LogP contribution in [0.25, 0.3) is 11.1 Å². The van der Waals surface area contributed by atoms with Crippen molar-refractivity contribution in [2.45, 2.75) is 31.3 Å². The lowest BCUT2D eigenvalue weighted by Gasteiger charge is -2.41. The summed E-state index contributed by atoms with van der Waals surface area (Å²) < 4.78 is 34.1. The second-order valence-electron chi connectivity index (χ2n) is 9.31. The van der Waals surface area contributed by atoms with Crippen LogP contribution >= 0.6 is 0 Å². The Morgan fingerprint density at radius 2 is 1.92 bits per heavy atom. The normalized spacial score (nSPS) is 20.8. The van der Waals surface area contributed by atoms with Crippen molar-refractivity contribution in [2.24, 2.45) is 0 Å². The zero-order valence-corrected chi connectivity index (χ0v) is 19.7. The van der Waals surface area contributed by atoms with E-state index in [1.165, 1.54) is 0 Å². The first-order valence-corrected chi connectivity index (χ1v) is 11.9. The SMILES string of the molecule is Cc1cc(-c2ccccc2CCNC(=O)O)ccc1[C@H]1CNCC[C@@]12OC(=O)c1cc(F)c(F)cc12. The fraction of sp³-hybridized carbons (Fsp3) is 0.286. The molecule has 8 heteroatoms. The van der Waals surface area contributed by atoms with E-state index < -0.39 is 29.3 Å². The predicted octanol–water partition coefficient (Wildman–Crippen LogP) is 4.89. The Hall–Kier alpha value is -3.78. The molecule has 6 nitrogen and oxygen atoms in total. The van der Waals surface area contributed by atoms with Crippen molar-refractivity contribution >= 4 is 12.1 Å². The summed E-state index contributed by atoms with van der Waals surface area (Å²) in [5.41, 5.74) is 4.36. The fourth-order valence-corrected chi connectivity index (χ4v) is 5.56. The van der Waals surface area contributed by atoms with Crippen molar-refractivity contribution in [1.29, 1.82) is 0 Å². The minimum Gasteiger partial charge on any atom is -0.465 e. The van der Waals surface area contributed by atoms with Gasteiger partial charge in [0.25, 0.3) is 0 Å². The summed E-state index contributed by atoms with van der Waals surface area (Å²) in [6.45, 7) is 3.39. The van der Waals surface area contributed by atoms with E-state index in [1.807, 2.05) is 43.3 Å². The molecule has 0 unspecified atom stereocenters. The number of hydrogen-bond donors (Lipinski definition) is 3. The summed E-state index contributed by atoms with van der Waals surface area (Å²) in [5, 5.41) is 14.6. The third-order valence-electron chi connectivity index (χ3n) is 7.24. The Kier molecular flexibility index (Phi) is 6.22. The van der Waals surface area contributed by atoms with E-state index in [-0.39, 0.29) is 11.5 Å². The number of benzene rings is 3. The van der Waals surface area contributed by atoms with Crippen LogP contribution in [0.4, 0.5) is 13.6 Å². The molecule has 0 radical (unpaired) electrons. The summed E-state index contributed by atoms with van der Waals surface area (Å²) in [7, 11) is 0. The van der Waals surface area contributed by atoms with Gasteiger partial charge in [-0.3, -0.25) is 0 Å². The van der Waals surface area contributed by atoms with Crippen molar-refractivity contribution in [3.05, 3.63) is 94.0 Å². The molecule has 36 heavy (non-hydrogen) atoms. The highest BCUT2D eigenvalue weighted by atomic mass is 19.2. The van der Waals surface area contributed by atoms with Crippen molar-refractivity contribution in [2.75, 3.05) is 19.6 Å². The molecule has 1 spiro atoms. The van der Waals surface area contributed by atoms with Crippen LogP contribution in [0, 0.1) is 18.6 Å². The van der Waals surface area contributed by atoms with E-state index in [0.29, 0.717) is 38.0 Å². The van der Waals surface area contributed by atoms with Crippen LogP contribution in [-0.2, 0) is 16.8 Å². The fourth-order valence-electron chi connectivity index (χ4n) is 5.56. The Labute approximate surface area is 207 Å². The van der Waals surface area contributed by atoms with Gasteiger partial charge in [-0.25, -0.2) is 18.4 Å². The maximum Gasteiger partial charge on any atom is 0.404 e. The molecule has 2 aliphatic heterocycles. The smallest absolute Gasteiger partial charge is 0.404 e. The Morgan fingerprint density at radius 3 is 2.69 bits per heavy atom. The number of esters is 1. The van der Waals surface area contributed by atoms with Crippen LogP contribution in [0.3, 0.4) is 0 Å². The topological polar surface area (TPSA) is 87.7 Å². The molecule has 5 rings (SSSR count). The van der Waals surface area contributed by atoms with Gasteiger partial charge in [-0.15, -0.1) is 0 Å². The first kappa shape index (κ1) is 23.9. The lowest BCUT2D eigenvalue weighted by molar-refractivity contribution is -0.0374. The molecule has 2 aliphatic rings. The number of carbonyl (C=O) groups excluding carboxylic acids is 1.